The van der Waals surface area contributed by atoms with Crippen molar-refractivity contribution in [1.82, 2.24) is 5.32 Å². The maximum Gasteiger partial charge on any atom is 0.137 e. The van der Waals surface area contributed by atoms with Crippen molar-refractivity contribution in [2.75, 3.05) is 13.1 Å². The summed E-state index contributed by atoms with van der Waals surface area (Å²) in [5.74, 6) is 0.707. The molecule has 1 saturated heterocycles. The van der Waals surface area contributed by atoms with E-state index in [4.69, 9.17) is 8.83 Å². The highest BCUT2D eigenvalue weighted by Gasteiger charge is 2.20. The van der Waals surface area contributed by atoms with Gasteiger partial charge in [0, 0.05) is 16.3 Å². The first-order valence-electron chi connectivity index (χ1n) is 6.49. The molecule has 0 amide bonds. The molecule has 3 aromatic rings. The van der Waals surface area contributed by atoms with Crippen molar-refractivity contribution in [3.05, 3.63) is 36.3 Å². The fourth-order valence-corrected chi connectivity index (χ4v) is 3.00. The molecule has 0 saturated carbocycles. The molecule has 0 aliphatic carbocycles. The van der Waals surface area contributed by atoms with E-state index >= 15 is 0 Å². The van der Waals surface area contributed by atoms with Gasteiger partial charge in [-0.2, -0.15) is 0 Å². The van der Waals surface area contributed by atoms with Crippen LogP contribution in [0.5, 0.6) is 0 Å². The fraction of sp³-hybridized carbons (Fsp3) is 0.333. The van der Waals surface area contributed by atoms with Gasteiger partial charge in [-0.25, -0.2) is 0 Å². The third-order valence-corrected chi connectivity index (χ3v) is 3.93. The Morgan fingerprint density at radius 1 is 1.22 bits per heavy atom. The Bertz CT molecular complexity index is 640. The fourth-order valence-electron chi connectivity index (χ4n) is 3.00. The van der Waals surface area contributed by atoms with E-state index in [1.165, 1.54) is 17.4 Å². The molecule has 0 bridgehead atoms. The Kier molecular flexibility index (Phi) is 2.20. The van der Waals surface area contributed by atoms with Gasteiger partial charge in [-0.1, -0.05) is 0 Å². The van der Waals surface area contributed by atoms with Crippen LogP contribution in [0.1, 0.15) is 12.0 Å². The third kappa shape index (κ3) is 1.47. The quantitative estimate of drug-likeness (QED) is 0.747. The van der Waals surface area contributed by atoms with Crippen molar-refractivity contribution in [3.8, 4) is 0 Å². The van der Waals surface area contributed by atoms with Crippen LogP contribution in [0.2, 0.25) is 0 Å². The lowest BCUT2D eigenvalue weighted by atomic mass is 9.95. The van der Waals surface area contributed by atoms with Gasteiger partial charge < -0.3 is 14.2 Å². The van der Waals surface area contributed by atoms with Crippen LogP contribution < -0.4 is 5.32 Å². The molecular weight excluding hydrogens is 226 g/mol. The Hall–Kier alpha value is -1.74. The van der Waals surface area contributed by atoms with Crippen molar-refractivity contribution in [2.24, 2.45) is 5.92 Å². The first-order chi connectivity index (χ1) is 8.92. The third-order valence-electron chi connectivity index (χ3n) is 3.93. The number of benzene rings is 1. The van der Waals surface area contributed by atoms with Crippen LogP contribution in [-0.2, 0) is 6.42 Å². The maximum absolute atomic E-state index is 5.67. The zero-order valence-electron chi connectivity index (χ0n) is 10.1. The topological polar surface area (TPSA) is 38.3 Å². The minimum atomic E-state index is 0.707. The molecule has 1 atom stereocenters. The van der Waals surface area contributed by atoms with E-state index in [9.17, 15) is 0 Å². The van der Waals surface area contributed by atoms with E-state index in [0.717, 1.165) is 36.1 Å². The molecule has 0 radical (unpaired) electrons. The molecule has 3 nitrogen and oxygen atoms in total. The van der Waals surface area contributed by atoms with Gasteiger partial charge >= 0.3 is 0 Å². The number of hydrogen-bond acceptors (Lipinski definition) is 3. The molecule has 1 fully saturated rings. The largest absolute Gasteiger partial charge is 0.464 e. The summed E-state index contributed by atoms with van der Waals surface area (Å²) in [6.07, 6.45) is 5.84. The van der Waals surface area contributed by atoms with Gasteiger partial charge in [0.15, 0.2) is 0 Å². The molecule has 1 aromatic carbocycles. The highest BCUT2D eigenvalue weighted by atomic mass is 16.3. The number of rotatable bonds is 2. The lowest BCUT2D eigenvalue weighted by Gasteiger charge is -2.09. The first kappa shape index (κ1) is 10.2. The lowest BCUT2D eigenvalue weighted by Crippen LogP contribution is -2.10. The minimum absolute atomic E-state index is 0.707. The summed E-state index contributed by atoms with van der Waals surface area (Å²) in [4.78, 5) is 0. The molecule has 1 unspecified atom stereocenters. The van der Waals surface area contributed by atoms with Crippen molar-refractivity contribution in [2.45, 2.75) is 12.8 Å². The Labute approximate surface area is 105 Å². The van der Waals surface area contributed by atoms with Gasteiger partial charge in [0.1, 0.15) is 11.2 Å². The van der Waals surface area contributed by atoms with Crippen LogP contribution >= 0.6 is 0 Å². The van der Waals surface area contributed by atoms with Crippen LogP contribution in [0.4, 0.5) is 0 Å². The monoisotopic (exact) mass is 241 g/mol. The molecule has 92 valence electrons. The van der Waals surface area contributed by atoms with Crippen LogP contribution in [0.15, 0.2) is 39.6 Å². The van der Waals surface area contributed by atoms with Crippen LogP contribution in [-0.4, -0.2) is 13.1 Å². The molecule has 3 heteroatoms. The number of nitrogens with one attached hydrogen (secondary N) is 1. The van der Waals surface area contributed by atoms with E-state index in [1.807, 2.05) is 6.07 Å². The molecule has 4 rings (SSSR count). The number of furan rings is 2. The first-order valence-corrected chi connectivity index (χ1v) is 6.49. The highest BCUT2D eigenvalue weighted by Crippen LogP contribution is 2.32. The van der Waals surface area contributed by atoms with Crippen LogP contribution in [0, 0.1) is 5.92 Å². The van der Waals surface area contributed by atoms with Crippen molar-refractivity contribution in [1.29, 1.82) is 0 Å². The predicted octanol–water partition coefficient (Wildman–Crippen LogP) is 3.33. The van der Waals surface area contributed by atoms with Gasteiger partial charge in [0.2, 0.25) is 0 Å². The summed E-state index contributed by atoms with van der Waals surface area (Å²) in [7, 11) is 0. The van der Waals surface area contributed by atoms with Crippen LogP contribution in [0.3, 0.4) is 0 Å². The molecule has 1 N–H and O–H groups in total. The summed E-state index contributed by atoms with van der Waals surface area (Å²) in [6, 6.07) is 6.12. The molecule has 1 aliphatic heterocycles. The summed E-state index contributed by atoms with van der Waals surface area (Å²) in [5, 5.41) is 5.76. The van der Waals surface area contributed by atoms with Gasteiger partial charge in [0.25, 0.3) is 0 Å². The Morgan fingerprint density at radius 2 is 2.17 bits per heavy atom. The zero-order valence-corrected chi connectivity index (χ0v) is 10.1. The second-order valence-corrected chi connectivity index (χ2v) is 5.09. The van der Waals surface area contributed by atoms with Gasteiger partial charge in [0.05, 0.1) is 12.5 Å². The number of hydrogen-bond donors (Lipinski definition) is 1. The predicted molar refractivity (Wildman–Crippen MR) is 70.7 cm³/mol. The molecule has 3 heterocycles. The maximum atomic E-state index is 5.67. The SMILES string of the molecule is c1cc2c(CC3CCNC3)c3occc3cc2o1. The minimum Gasteiger partial charge on any atom is -0.464 e. The van der Waals surface area contributed by atoms with E-state index in [-0.39, 0.29) is 0 Å². The zero-order chi connectivity index (χ0) is 11.9. The Morgan fingerprint density at radius 3 is 3.06 bits per heavy atom. The van der Waals surface area contributed by atoms with Gasteiger partial charge in [-0.3, -0.25) is 0 Å². The van der Waals surface area contributed by atoms with E-state index in [2.05, 4.69) is 17.4 Å². The standard InChI is InChI=1S/C15H15NO2/c1-4-16-9-10(1)7-13-12-3-6-17-14(12)8-11-2-5-18-15(11)13/h2-3,5-6,8,10,16H,1,4,7,9H2. The average Bonchev–Trinajstić information content (AvgIpc) is 3.08. The summed E-state index contributed by atoms with van der Waals surface area (Å²) < 4.78 is 11.2. The van der Waals surface area contributed by atoms with E-state index in [0.29, 0.717) is 5.92 Å². The van der Waals surface area contributed by atoms with Crippen molar-refractivity contribution >= 4 is 21.9 Å². The average molecular weight is 241 g/mol. The molecule has 18 heavy (non-hydrogen) atoms. The summed E-state index contributed by atoms with van der Waals surface area (Å²) in [6.45, 7) is 2.24. The van der Waals surface area contributed by atoms with Crippen LogP contribution in [0.25, 0.3) is 21.9 Å². The van der Waals surface area contributed by atoms with Crippen molar-refractivity contribution < 1.29 is 8.83 Å². The second-order valence-electron chi connectivity index (χ2n) is 5.09. The second kappa shape index (κ2) is 3.89. The smallest absolute Gasteiger partial charge is 0.137 e. The molecular formula is C15H15NO2. The normalized spacial score (nSPS) is 20.1. The highest BCUT2D eigenvalue weighted by molar-refractivity contribution is 5.97. The molecule has 1 aliphatic rings. The van der Waals surface area contributed by atoms with E-state index in [1.54, 1.807) is 12.5 Å². The van der Waals surface area contributed by atoms with Crippen molar-refractivity contribution in [3.63, 3.8) is 0 Å². The molecule has 0 spiro atoms. The van der Waals surface area contributed by atoms with Gasteiger partial charge in [-0.05, 0) is 50.0 Å². The van der Waals surface area contributed by atoms with E-state index < -0.39 is 0 Å². The summed E-state index contributed by atoms with van der Waals surface area (Å²) in [5.41, 5.74) is 3.29. The van der Waals surface area contributed by atoms with Gasteiger partial charge in [-0.15, -0.1) is 0 Å². The number of fused-ring (bicyclic) bond motifs is 2. The lowest BCUT2D eigenvalue weighted by molar-refractivity contribution is 0.567. The summed E-state index contributed by atoms with van der Waals surface area (Å²) >= 11 is 0. The Balaban J connectivity index is 1.91. The molecule has 2 aromatic heterocycles.